The maximum Gasteiger partial charge on any atom is 0.0590 e. The highest BCUT2D eigenvalue weighted by Crippen LogP contribution is 2.15. The van der Waals surface area contributed by atoms with Gasteiger partial charge in [-0.3, -0.25) is 0 Å². The van der Waals surface area contributed by atoms with Gasteiger partial charge in [-0.15, -0.1) is 0 Å². The van der Waals surface area contributed by atoms with E-state index in [-0.39, 0.29) is 0 Å². The van der Waals surface area contributed by atoms with E-state index in [0.29, 0.717) is 0 Å². The molecule has 0 heterocycles. The Balaban J connectivity index is 2.21. The molecule has 0 saturated carbocycles. The van der Waals surface area contributed by atoms with Crippen LogP contribution in [0, 0.1) is 0 Å². The van der Waals surface area contributed by atoms with Crippen LogP contribution < -0.4 is 5.32 Å². The van der Waals surface area contributed by atoms with Crippen LogP contribution in [0.5, 0.6) is 0 Å². The molecular weight excluding hydrogens is 198 g/mol. The molecule has 0 atom stereocenters. The molecule has 14 heavy (non-hydrogen) atoms. The van der Waals surface area contributed by atoms with Gasteiger partial charge in [0.25, 0.3) is 0 Å². The van der Waals surface area contributed by atoms with E-state index in [1.807, 2.05) is 31.3 Å². The van der Waals surface area contributed by atoms with E-state index in [4.69, 9.17) is 16.3 Å². The highest BCUT2D eigenvalue weighted by Gasteiger charge is 1.97. The first-order valence-electron chi connectivity index (χ1n) is 4.80. The van der Waals surface area contributed by atoms with Gasteiger partial charge < -0.3 is 10.1 Å². The van der Waals surface area contributed by atoms with Gasteiger partial charge in [-0.2, -0.15) is 0 Å². The molecule has 2 nitrogen and oxygen atoms in total. The van der Waals surface area contributed by atoms with Gasteiger partial charge in [0.2, 0.25) is 0 Å². The number of ether oxygens (including phenoxy) is 1. The molecule has 0 aromatic heterocycles. The average Bonchev–Trinajstić information content (AvgIpc) is 2.20. The number of benzene rings is 1. The second kappa shape index (κ2) is 6.82. The van der Waals surface area contributed by atoms with Crippen LogP contribution >= 0.6 is 11.6 Å². The van der Waals surface area contributed by atoms with E-state index in [9.17, 15) is 0 Å². The minimum Gasteiger partial charge on any atom is -0.380 e. The number of rotatable bonds is 6. The van der Waals surface area contributed by atoms with Crippen LogP contribution in [0.3, 0.4) is 0 Å². The minimum atomic E-state index is 0.728. The van der Waals surface area contributed by atoms with Crippen molar-refractivity contribution in [2.24, 2.45) is 0 Å². The number of hydrogen-bond donors (Lipinski definition) is 1. The van der Waals surface area contributed by atoms with E-state index in [0.717, 1.165) is 36.8 Å². The average molecular weight is 214 g/mol. The van der Waals surface area contributed by atoms with E-state index in [2.05, 4.69) is 5.32 Å². The smallest absolute Gasteiger partial charge is 0.0590 e. The summed E-state index contributed by atoms with van der Waals surface area (Å²) in [7, 11) is 1.91. The third-order valence-electron chi connectivity index (χ3n) is 1.97. The van der Waals surface area contributed by atoms with E-state index >= 15 is 0 Å². The number of likely N-dealkylation sites (N-methyl/N-ethyl adjacent to an activating group) is 1. The van der Waals surface area contributed by atoms with Crippen molar-refractivity contribution in [3.8, 4) is 0 Å². The molecule has 0 radical (unpaired) electrons. The summed E-state index contributed by atoms with van der Waals surface area (Å²) in [5, 5.41) is 3.85. The minimum absolute atomic E-state index is 0.728. The molecule has 78 valence electrons. The molecule has 0 aliphatic carbocycles. The fraction of sp³-hybridized carbons (Fsp3) is 0.455. The lowest BCUT2D eigenvalue weighted by molar-refractivity contribution is 0.140. The Kier molecular flexibility index (Phi) is 5.60. The lowest BCUT2D eigenvalue weighted by Gasteiger charge is -2.05. The van der Waals surface area contributed by atoms with Crippen LogP contribution in [0.4, 0.5) is 0 Å². The zero-order valence-electron chi connectivity index (χ0n) is 8.42. The highest BCUT2D eigenvalue weighted by atomic mass is 35.5. The standard InChI is InChI=1S/C11H16ClNO/c1-13-7-9-14-8-6-10-4-2-3-5-11(10)12/h2-5,13H,6-9H2,1H3. The number of nitrogens with one attached hydrogen (secondary N) is 1. The van der Waals surface area contributed by atoms with Gasteiger partial charge in [-0.1, -0.05) is 29.8 Å². The molecule has 0 bridgehead atoms. The first kappa shape index (κ1) is 11.5. The van der Waals surface area contributed by atoms with Crippen molar-refractivity contribution in [3.05, 3.63) is 34.9 Å². The molecule has 0 saturated heterocycles. The molecule has 0 aliphatic heterocycles. The highest BCUT2D eigenvalue weighted by molar-refractivity contribution is 6.31. The molecular formula is C11H16ClNO. The van der Waals surface area contributed by atoms with Gasteiger partial charge in [0.05, 0.1) is 13.2 Å². The molecule has 0 spiro atoms. The van der Waals surface area contributed by atoms with Crippen molar-refractivity contribution in [2.75, 3.05) is 26.8 Å². The summed E-state index contributed by atoms with van der Waals surface area (Å²) in [6.45, 7) is 2.37. The van der Waals surface area contributed by atoms with Crippen LogP contribution in [0.15, 0.2) is 24.3 Å². The van der Waals surface area contributed by atoms with Gasteiger partial charge in [-0.25, -0.2) is 0 Å². The topological polar surface area (TPSA) is 21.3 Å². The Bertz CT molecular complexity index is 265. The quantitative estimate of drug-likeness (QED) is 0.731. The van der Waals surface area contributed by atoms with Crippen LogP contribution in [0.1, 0.15) is 5.56 Å². The Morgan fingerprint density at radius 2 is 2.07 bits per heavy atom. The Hall–Kier alpha value is -0.570. The molecule has 0 fully saturated rings. The van der Waals surface area contributed by atoms with Crippen molar-refractivity contribution in [1.29, 1.82) is 0 Å². The monoisotopic (exact) mass is 213 g/mol. The summed E-state index contributed by atoms with van der Waals surface area (Å²) in [4.78, 5) is 0. The van der Waals surface area contributed by atoms with Crippen molar-refractivity contribution in [3.63, 3.8) is 0 Å². The van der Waals surface area contributed by atoms with Crippen LogP contribution in [-0.4, -0.2) is 26.8 Å². The SMILES string of the molecule is CNCCOCCc1ccccc1Cl. The summed E-state index contributed by atoms with van der Waals surface area (Å²) < 4.78 is 5.41. The lowest BCUT2D eigenvalue weighted by Crippen LogP contribution is -2.15. The Morgan fingerprint density at radius 3 is 2.79 bits per heavy atom. The fourth-order valence-corrected chi connectivity index (χ4v) is 1.39. The Morgan fingerprint density at radius 1 is 1.29 bits per heavy atom. The predicted octanol–water partition coefficient (Wildman–Crippen LogP) is 2.12. The van der Waals surface area contributed by atoms with E-state index in [1.165, 1.54) is 0 Å². The first-order chi connectivity index (χ1) is 6.84. The van der Waals surface area contributed by atoms with Gasteiger partial charge in [0, 0.05) is 11.6 Å². The third-order valence-corrected chi connectivity index (χ3v) is 2.34. The van der Waals surface area contributed by atoms with Crippen molar-refractivity contribution >= 4 is 11.6 Å². The van der Waals surface area contributed by atoms with Crippen LogP contribution in [-0.2, 0) is 11.2 Å². The van der Waals surface area contributed by atoms with Crippen LogP contribution in [0.25, 0.3) is 0 Å². The molecule has 1 aromatic rings. The molecule has 0 unspecified atom stereocenters. The van der Waals surface area contributed by atoms with E-state index < -0.39 is 0 Å². The van der Waals surface area contributed by atoms with Gasteiger partial charge >= 0.3 is 0 Å². The van der Waals surface area contributed by atoms with Crippen molar-refractivity contribution < 1.29 is 4.74 Å². The summed E-state index contributed by atoms with van der Waals surface area (Å²) >= 11 is 6.00. The number of hydrogen-bond acceptors (Lipinski definition) is 2. The zero-order chi connectivity index (χ0) is 10.2. The largest absolute Gasteiger partial charge is 0.380 e. The van der Waals surface area contributed by atoms with Crippen molar-refractivity contribution in [2.45, 2.75) is 6.42 Å². The molecule has 0 aliphatic rings. The van der Waals surface area contributed by atoms with E-state index in [1.54, 1.807) is 0 Å². The molecule has 3 heteroatoms. The normalized spacial score (nSPS) is 10.4. The molecule has 1 aromatic carbocycles. The zero-order valence-corrected chi connectivity index (χ0v) is 9.18. The second-order valence-electron chi connectivity index (χ2n) is 3.06. The first-order valence-corrected chi connectivity index (χ1v) is 5.18. The maximum absolute atomic E-state index is 6.00. The van der Waals surface area contributed by atoms with Crippen LogP contribution in [0.2, 0.25) is 5.02 Å². The summed E-state index contributed by atoms with van der Waals surface area (Å²) in [5.74, 6) is 0. The second-order valence-corrected chi connectivity index (χ2v) is 3.46. The summed E-state index contributed by atoms with van der Waals surface area (Å²) in [6.07, 6.45) is 0.878. The number of halogens is 1. The molecule has 0 amide bonds. The van der Waals surface area contributed by atoms with Gasteiger partial charge in [0.15, 0.2) is 0 Å². The fourth-order valence-electron chi connectivity index (χ4n) is 1.16. The summed E-state index contributed by atoms with van der Waals surface area (Å²) in [5.41, 5.74) is 1.15. The van der Waals surface area contributed by atoms with Crippen molar-refractivity contribution in [1.82, 2.24) is 5.32 Å². The Labute approximate surface area is 90.2 Å². The predicted molar refractivity (Wildman–Crippen MR) is 59.9 cm³/mol. The van der Waals surface area contributed by atoms with Gasteiger partial charge in [0.1, 0.15) is 0 Å². The maximum atomic E-state index is 6.00. The summed E-state index contributed by atoms with van der Waals surface area (Å²) in [6, 6.07) is 7.87. The third kappa shape index (κ3) is 4.09. The molecule has 1 rings (SSSR count). The molecule has 1 N–H and O–H groups in total. The van der Waals surface area contributed by atoms with Gasteiger partial charge in [-0.05, 0) is 25.1 Å². The lowest BCUT2D eigenvalue weighted by atomic mass is 10.2.